The van der Waals surface area contributed by atoms with Crippen molar-refractivity contribution < 1.29 is 15.0 Å². The number of aliphatic carboxylic acids is 1. The second-order valence-corrected chi connectivity index (χ2v) is 5.10. The number of hydrogen-bond donors (Lipinski definition) is 3. The number of nitrogens with zero attached hydrogens (tertiary/aromatic N) is 3. The van der Waals surface area contributed by atoms with Crippen LogP contribution < -0.4 is 10.2 Å². The number of carboxylic acids is 1. The van der Waals surface area contributed by atoms with Crippen LogP contribution in [-0.4, -0.2) is 51.9 Å². The number of carboxylic acid groups (broad SMARTS) is 1. The zero-order valence-electron chi connectivity index (χ0n) is 11.5. The number of nitrogens with one attached hydrogen (secondary N) is 1. The number of carbonyl (C=O) groups is 1. The van der Waals surface area contributed by atoms with E-state index in [4.69, 9.17) is 5.11 Å². The highest BCUT2D eigenvalue weighted by atomic mass is 16.4. The first kappa shape index (κ1) is 14.5. The van der Waals surface area contributed by atoms with Gasteiger partial charge in [0, 0.05) is 25.8 Å². The molecule has 7 heteroatoms. The number of hydrogen-bond acceptors (Lipinski definition) is 6. The summed E-state index contributed by atoms with van der Waals surface area (Å²) in [6, 6.07) is 1.04. The first-order valence-corrected chi connectivity index (χ1v) is 6.77. The molecule has 0 radical (unpaired) electrons. The molecule has 0 aromatic carbocycles. The van der Waals surface area contributed by atoms with Gasteiger partial charge in [0.1, 0.15) is 24.0 Å². The van der Waals surface area contributed by atoms with E-state index in [-0.39, 0.29) is 12.5 Å². The molecule has 0 bridgehead atoms. The van der Waals surface area contributed by atoms with Crippen LogP contribution in [0, 0.1) is 5.92 Å². The van der Waals surface area contributed by atoms with Crippen molar-refractivity contribution >= 4 is 17.6 Å². The van der Waals surface area contributed by atoms with E-state index in [1.807, 2.05) is 0 Å². The Labute approximate surface area is 117 Å². The Morgan fingerprint density at radius 2 is 2.40 bits per heavy atom. The maximum Gasteiger partial charge on any atom is 0.325 e. The van der Waals surface area contributed by atoms with Gasteiger partial charge in [0.25, 0.3) is 0 Å². The van der Waals surface area contributed by atoms with Crippen molar-refractivity contribution in [3.8, 4) is 0 Å². The lowest BCUT2D eigenvalue weighted by Gasteiger charge is -2.32. The van der Waals surface area contributed by atoms with E-state index in [0.29, 0.717) is 5.82 Å². The number of piperidine rings is 1. The van der Waals surface area contributed by atoms with Gasteiger partial charge in [0.05, 0.1) is 0 Å². The van der Waals surface area contributed by atoms with Crippen LogP contribution in [0.5, 0.6) is 0 Å². The van der Waals surface area contributed by atoms with E-state index in [2.05, 4.69) is 20.2 Å². The second-order valence-electron chi connectivity index (χ2n) is 5.10. The number of aliphatic hydroxyl groups excluding tert-OH is 1. The van der Waals surface area contributed by atoms with Gasteiger partial charge in [-0.3, -0.25) is 4.79 Å². The third-order valence-corrected chi connectivity index (χ3v) is 3.49. The van der Waals surface area contributed by atoms with Crippen LogP contribution in [0.2, 0.25) is 0 Å². The first-order valence-electron chi connectivity index (χ1n) is 6.77. The summed E-state index contributed by atoms with van der Waals surface area (Å²) < 4.78 is 0. The van der Waals surface area contributed by atoms with Crippen LogP contribution in [-0.2, 0) is 4.79 Å². The van der Waals surface area contributed by atoms with E-state index >= 15 is 0 Å². The lowest BCUT2D eigenvalue weighted by atomic mass is 9.99. The average molecular weight is 280 g/mol. The maximum absolute atomic E-state index is 10.8. The van der Waals surface area contributed by atoms with Crippen molar-refractivity contribution in [2.45, 2.75) is 25.8 Å². The minimum Gasteiger partial charge on any atom is -0.480 e. The van der Waals surface area contributed by atoms with Crippen LogP contribution in [0.3, 0.4) is 0 Å². The largest absolute Gasteiger partial charge is 0.480 e. The smallest absolute Gasteiger partial charge is 0.325 e. The van der Waals surface area contributed by atoms with E-state index < -0.39 is 12.0 Å². The maximum atomic E-state index is 10.8. The summed E-state index contributed by atoms with van der Waals surface area (Å²) >= 11 is 0. The zero-order chi connectivity index (χ0) is 14.5. The van der Waals surface area contributed by atoms with E-state index in [0.717, 1.165) is 31.7 Å². The Morgan fingerprint density at radius 1 is 1.60 bits per heavy atom. The van der Waals surface area contributed by atoms with Gasteiger partial charge in [-0.1, -0.05) is 0 Å². The Morgan fingerprint density at radius 3 is 3.10 bits per heavy atom. The highest BCUT2D eigenvalue weighted by molar-refractivity contribution is 5.76. The summed E-state index contributed by atoms with van der Waals surface area (Å²) in [6.07, 6.45) is 3.47. The fourth-order valence-corrected chi connectivity index (χ4v) is 2.30. The van der Waals surface area contributed by atoms with Gasteiger partial charge >= 0.3 is 5.97 Å². The molecule has 7 nitrogen and oxygen atoms in total. The predicted molar refractivity (Wildman–Crippen MR) is 74.8 cm³/mol. The molecule has 2 heterocycles. The number of aromatic nitrogens is 2. The molecule has 3 N–H and O–H groups in total. The Hall–Kier alpha value is -1.89. The molecule has 1 aliphatic heterocycles. The molecule has 110 valence electrons. The predicted octanol–water partition coefficient (Wildman–Crippen LogP) is 0.570. The van der Waals surface area contributed by atoms with E-state index in [1.54, 1.807) is 13.0 Å². The molecular formula is C13H20N4O3. The van der Waals surface area contributed by atoms with Crippen molar-refractivity contribution in [3.63, 3.8) is 0 Å². The molecule has 0 spiro atoms. The van der Waals surface area contributed by atoms with Crippen LogP contribution in [0.25, 0.3) is 0 Å². The molecule has 2 rings (SSSR count). The summed E-state index contributed by atoms with van der Waals surface area (Å²) in [4.78, 5) is 21.2. The molecule has 1 fully saturated rings. The van der Waals surface area contributed by atoms with Gasteiger partial charge in [-0.25, -0.2) is 9.97 Å². The number of aliphatic hydroxyl groups is 1. The van der Waals surface area contributed by atoms with Crippen molar-refractivity contribution in [1.82, 2.24) is 9.97 Å². The van der Waals surface area contributed by atoms with Gasteiger partial charge in [-0.15, -0.1) is 0 Å². The van der Waals surface area contributed by atoms with Crippen LogP contribution in [0.1, 0.15) is 19.8 Å². The number of rotatable bonds is 5. The minimum absolute atomic E-state index is 0.183. The normalized spacial score (nSPS) is 20.5. The molecule has 2 atom stereocenters. The van der Waals surface area contributed by atoms with Gasteiger partial charge in [-0.05, 0) is 25.7 Å². The SMILES string of the molecule is C[C@@H](Nc1cc(N2CCCC(CO)C2)ncn1)C(=O)O. The summed E-state index contributed by atoms with van der Waals surface area (Å²) in [6.45, 7) is 3.40. The molecule has 1 saturated heterocycles. The van der Waals surface area contributed by atoms with Crippen molar-refractivity contribution in [2.24, 2.45) is 5.92 Å². The van der Waals surface area contributed by atoms with Gasteiger partial charge in [0.15, 0.2) is 0 Å². The van der Waals surface area contributed by atoms with E-state index in [1.165, 1.54) is 6.33 Å². The number of anilines is 2. The molecular weight excluding hydrogens is 260 g/mol. The fourth-order valence-electron chi connectivity index (χ4n) is 2.30. The summed E-state index contributed by atoms with van der Waals surface area (Å²) in [7, 11) is 0. The standard InChI is InChI=1S/C13H20N4O3/c1-9(13(19)20)16-11-5-12(15-8-14-11)17-4-2-3-10(6-17)7-18/h5,8-10,18H,2-4,6-7H2,1H3,(H,19,20)(H,14,15,16)/t9-,10?/m1/s1. The highest BCUT2D eigenvalue weighted by Crippen LogP contribution is 2.22. The summed E-state index contributed by atoms with van der Waals surface area (Å²) in [5.74, 6) is 0.603. The Kier molecular flexibility index (Phi) is 4.73. The van der Waals surface area contributed by atoms with Gasteiger partial charge in [0.2, 0.25) is 0 Å². The van der Waals surface area contributed by atoms with Crippen molar-refractivity contribution in [1.29, 1.82) is 0 Å². The third-order valence-electron chi connectivity index (χ3n) is 3.49. The Bertz CT molecular complexity index is 469. The van der Waals surface area contributed by atoms with Crippen LogP contribution in [0.4, 0.5) is 11.6 Å². The molecule has 1 aromatic heterocycles. The monoisotopic (exact) mass is 280 g/mol. The molecule has 1 unspecified atom stereocenters. The molecule has 1 aliphatic rings. The van der Waals surface area contributed by atoms with Crippen molar-refractivity contribution in [3.05, 3.63) is 12.4 Å². The average Bonchev–Trinajstić information content (AvgIpc) is 2.47. The molecule has 0 aliphatic carbocycles. The molecule has 0 amide bonds. The highest BCUT2D eigenvalue weighted by Gasteiger charge is 2.21. The fraction of sp³-hybridized carbons (Fsp3) is 0.615. The molecule has 20 heavy (non-hydrogen) atoms. The molecule has 1 aromatic rings. The topological polar surface area (TPSA) is 98.6 Å². The molecule has 0 saturated carbocycles. The lowest BCUT2D eigenvalue weighted by molar-refractivity contribution is -0.137. The summed E-state index contributed by atoms with van der Waals surface area (Å²) in [5, 5.41) is 21.0. The Balaban J connectivity index is 2.07. The van der Waals surface area contributed by atoms with Gasteiger partial charge in [-0.2, -0.15) is 0 Å². The van der Waals surface area contributed by atoms with E-state index in [9.17, 15) is 9.90 Å². The second kappa shape index (κ2) is 6.51. The first-order chi connectivity index (χ1) is 9.60. The van der Waals surface area contributed by atoms with Gasteiger partial charge < -0.3 is 20.4 Å². The van der Waals surface area contributed by atoms with Crippen molar-refractivity contribution in [2.75, 3.05) is 29.9 Å². The third kappa shape index (κ3) is 3.57. The zero-order valence-corrected chi connectivity index (χ0v) is 11.5. The van der Waals surface area contributed by atoms with Crippen LogP contribution in [0.15, 0.2) is 12.4 Å². The lowest BCUT2D eigenvalue weighted by Crippen LogP contribution is -2.37. The summed E-state index contributed by atoms with van der Waals surface area (Å²) in [5.41, 5.74) is 0. The van der Waals surface area contributed by atoms with Crippen LogP contribution >= 0.6 is 0 Å². The minimum atomic E-state index is -0.927. The quantitative estimate of drug-likeness (QED) is 0.725.